The normalized spacial score (nSPS) is 38.1. The molecule has 2 bridgehead atoms. The van der Waals surface area contributed by atoms with Crippen molar-refractivity contribution >= 4 is 0 Å². The molecule has 0 aromatic rings. The van der Waals surface area contributed by atoms with Crippen LogP contribution in [0.5, 0.6) is 0 Å². The van der Waals surface area contributed by atoms with Crippen LogP contribution >= 0.6 is 0 Å². The lowest BCUT2D eigenvalue weighted by atomic mass is 9.99. The maximum Gasteiger partial charge on any atom is 0.0108 e. The van der Waals surface area contributed by atoms with Crippen molar-refractivity contribution in [2.75, 3.05) is 13.1 Å². The molecular formula is C11H22N2. The molecule has 2 heteroatoms. The molecule has 1 aliphatic heterocycles. The second kappa shape index (κ2) is 3.58. The standard InChI is InChI=1S/C11H22N2/c1-8(6-12)9(2)13-7-10-3-4-11(13)5-10/h8-11H,3-7,12H2,1-2H3. The predicted molar refractivity (Wildman–Crippen MR) is 55.5 cm³/mol. The summed E-state index contributed by atoms with van der Waals surface area (Å²) in [7, 11) is 0. The van der Waals surface area contributed by atoms with Gasteiger partial charge in [0.1, 0.15) is 0 Å². The van der Waals surface area contributed by atoms with Gasteiger partial charge >= 0.3 is 0 Å². The third kappa shape index (κ3) is 1.62. The average molecular weight is 182 g/mol. The van der Waals surface area contributed by atoms with Gasteiger partial charge in [-0.25, -0.2) is 0 Å². The zero-order valence-corrected chi connectivity index (χ0v) is 8.87. The number of likely N-dealkylation sites (tertiary alicyclic amines) is 1. The molecule has 4 unspecified atom stereocenters. The van der Waals surface area contributed by atoms with E-state index in [1.807, 2.05) is 0 Å². The average Bonchev–Trinajstić information content (AvgIpc) is 2.76. The molecule has 2 aliphatic rings. The van der Waals surface area contributed by atoms with E-state index < -0.39 is 0 Å². The smallest absolute Gasteiger partial charge is 0.0108 e. The molecule has 1 heterocycles. The highest BCUT2D eigenvalue weighted by Gasteiger charge is 2.40. The van der Waals surface area contributed by atoms with Crippen LogP contribution in [0, 0.1) is 11.8 Å². The summed E-state index contributed by atoms with van der Waals surface area (Å²) in [5.41, 5.74) is 5.71. The number of nitrogens with two attached hydrogens (primary N) is 1. The van der Waals surface area contributed by atoms with Crippen molar-refractivity contribution in [1.29, 1.82) is 0 Å². The third-order valence-electron chi connectivity index (χ3n) is 4.17. The zero-order valence-electron chi connectivity index (χ0n) is 8.87. The highest BCUT2D eigenvalue weighted by atomic mass is 15.2. The van der Waals surface area contributed by atoms with Gasteiger partial charge in [0.25, 0.3) is 0 Å². The van der Waals surface area contributed by atoms with Gasteiger partial charge in [0.05, 0.1) is 0 Å². The lowest BCUT2D eigenvalue weighted by Gasteiger charge is -2.35. The van der Waals surface area contributed by atoms with E-state index in [2.05, 4.69) is 18.7 Å². The van der Waals surface area contributed by atoms with E-state index in [-0.39, 0.29) is 0 Å². The van der Waals surface area contributed by atoms with Gasteiger partial charge in [-0.1, -0.05) is 6.92 Å². The van der Waals surface area contributed by atoms with Crippen LogP contribution in [0.2, 0.25) is 0 Å². The highest BCUT2D eigenvalue weighted by Crippen LogP contribution is 2.39. The monoisotopic (exact) mass is 182 g/mol. The number of piperidine rings is 1. The maximum absolute atomic E-state index is 5.71. The summed E-state index contributed by atoms with van der Waals surface area (Å²) < 4.78 is 0. The Hall–Kier alpha value is -0.0800. The minimum absolute atomic E-state index is 0.652. The Morgan fingerprint density at radius 2 is 2.15 bits per heavy atom. The van der Waals surface area contributed by atoms with Crippen LogP contribution in [-0.2, 0) is 0 Å². The quantitative estimate of drug-likeness (QED) is 0.716. The molecule has 0 aromatic heterocycles. The summed E-state index contributed by atoms with van der Waals surface area (Å²) in [6.45, 7) is 6.79. The molecule has 2 nitrogen and oxygen atoms in total. The molecule has 2 N–H and O–H groups in total. The predicted octanol–water partition coefficient (Wildman–Crippen LogP) is 1.45. The van der Waals surface area contributed by atoms with Gasteiger partial charge in [0.2, 0.25) is 0 Å². The van der Waals surface area contributed by atoms with Crippen LogP contribution in [-0.4, -0.2) is 30.1 Å². The van der Waals surface area contributed by atoms with Crippen molar-refractivity contribution in [3.8, 4) is 0 Å². The highest BCUT2D eigenvalue weighted by molar-refractivity contribution is 4.95. The summed E-state index contributed by atoms with van der Waals surface area (Å²) in [5.74, 6) is 1.66. The van der Waals surface area contributed by atoms with Crippen molar-refractivity contribution in [2.24, 2.45) is 17.6 Å². The first-order chi connectivity index (χ1) is 6.22. The first-order valence-corrected chi connectivity index (χ1v) is 5.68. The number of fused-ring (bicyclic) bond motifs is 2. The molecule has 2 rings (SSSR count). The largest absolute Gasteiger partial charge is 0.330 e. The Kier molecular flexibility index (Phi) is 2.61. The van der Waals surface area contributed by atoms with Gasteiger partial charge in [-0.05, 0) is 44.6 Å². The van der Waals surface area contributed by atoms with E-state index in [1.165, 1.54) is 25.8 Å². The topological polar surface area (TPSA) is 29.3 Å². The summed E-state index contributed by atoms with van der Waals surface area (Å²) in [5, 5.41) is 0. The van der Waals surface area contributed by atoms with E-state index in [0.29, 0.717) is 12.0 Å². The van der Waals surface area contributed by atoms with Gasteiger partial charge in [0, 0.05) is 18.6 Å². The van der Waals surface area contributed by atoms with Gasteiger partial charge in [-0.2, -0.15) is 0 Å². The van der Waals surface area contributed by atoms with Crippen molar-refractivity contribution < 1.29 is 0 Å². The van der Waals surface area contributed by atoms with Crippen LogP contribution in [0.25, 0.3) is 0 Å². The zero-order chi connectivity index (χ0) is 9.42. The van der Waals surface area contributed by atoms with E-state index in [1.54, 1.807) is 0 Å². The number of hydrogen-bond acceptors (Lipinski definition) is 2. The van der Waals surface area contributed by atoms with Crippen LogP contribution in [0.3, 0.4) is 0 Å². The van der Waals surface area contributed by atoms with Gasteiger partial charge in [-0.15, -0.1) is 0 Å². The molecule has 4 atom stereocenters. The molecule has 1 aliphatic carbocycles. The van der Waals surface area contributed by atoms with E-state index in [4.69, 9.17) is 5.73 Å². The molecular weight excluding hydrogens is 160 g/mol. The van der Waals surface area contributed by atoms with Crippen molar-refractivity contribution in [3.63, 3.8) is 0 Å². The van der Waals surface area contributed by atoms with Crippen molar-refractivity contribution in [3.05, 3.63) is 0 Å². The van der Waals surface area contributed by atoms with Crippen molar-refractivity contribution in [2.45, 2.75) is 45.2 Å². The number of rotatable bonds is 3. The Bertz CT molecular complexity index is 181. The Morgan fingerprint density at radius 3 is 2.62 bits per heavy atom. The van der Waals surface area contributed by atoms with Crippen LogP contribution in [0.4, 0.5) is 0 Å². The Labute approximate surface area is 81.5 Å². The van der Waals surface area contributed by atoms with Gasteiger partial charge < -0.3 is 5.73 Å². The summed E-state index contributed by atoms with van der Waals surface area (Å²) >= 11 is 0. The van der Waals surface area contributed by atoms with Crippen LogP contribution in [0.15, 0.2) is 0 Å². The third-order valence-corrected chi connectivity index (χ3v) is 4.17. The second-order valence-electron chi connectivity index (χ2n) is 4.98. The van der Waals surface area contributed by atoms with E-state index >= 15 is 0 Å². The molecule has 13 heavy (non-hydrogen) atoms. The van der Waals surface area contributed by atoms with Gasteiger partial charge in [-0.3, -0.25) is 4.90 Å². The first kappa shape index (κ1) is 9.47. The lowest BCUT2D eigenvalue weighted by Crippen LogP contribution is -2.44. The number of nitrogens with zero attached hydrogens (tertiary/aromatic N) is 1. The minimum atomic E-state index is 0.652. The molecule has 0 radical (unpaired) electrons. The Morgan fingerprint density at radius 1 is 1.38 bits per heavy atom. The molecule has 2 fully saturated rings. The SMILES string of the molecule is CC(CN)C(C)N1CC2CCC1C2. The molecule has 0 amide bonds. The fourth-order valence-electron chi connectivity index (χ4n) is 2.99. The van der Waals surface area contributed by atoms with Crippen LogP contribution in [0.1, 0.15) is 33.1 Å². The molecule has 0 spiro atoms. The van der Waals surface area contributed by atoms with Crippen LogP contribution < -0.4 is 5.73 Å². The second-order valence-corrected chi connectivity index (χ2v) is 4.98. The molecule has 76 valence electrons. The fourth-order valence-corrected chi connectivity index (χ4v) is 2.99. The summed E-state index contributed by atoms with van der Waals surface area (Å²) in [4.78, 5) is 2.70. The minimum Gasteiger partial charge on any atom is -0.330 e. The maximum atomic E-state index is 5.71. The molecule has 1 saturated carbocycles. The Balaban J connectivity index is 1.94. The summed E-state index contributed by atoms with van der Waals surface area (Å²) in [6.07, 6.45) is 4.37. The molecule has 1 saturated heterocycles. The van der Waals surface area contributed by atoms with E-state index in [0.717, 1.165) is 18.5 Å². The summed E-state index contributed by atoms with van der Waals surface area (Å²) in [6, 6.07) is 1.59. The van der Waals surface area contributed by atoms with E-state index in [9.17, 15) is 0 Å². The fraction of sp³-hybridized carbons (Fsp3) is 1.00. The van der Waals surface area contributed by atoms with Gasteiger partial charge in [0.15, 0.2) is 0 Å². The van der Waals surface area contributed by atoms with Crippen molar-refractivity contribution in [1.82, 2.24) is 4.90 Å². The molecule has 0 aromatic carbocycles. The first-order valence-electron chi connectivity index (χ1n) is 5.68. The lowest BCUT2D eigenvalue weighted by molar-refractivity contribution is 0.124. The number of hydrogen-bond donors (Lipinski definition) is 1.